The van der Waals surface area contributed by atoms with Crippen molar-refractivity contribution in [3.05, 3.63) is 22.0 Å². The molecular weight excluding hydrogens is 377 g/mol. The summed E-state index contributed by atoms with van der Waals surface area (Å²) in [6.45, 7) is 5.03. The summed E-state index contributed by atoms with van der Waals surface area (Å²) in [5, 5.41) is 7.01. The molecule has 0 aliphatic carbocycles. The van der Waals surface area contributed by atoms with Crippen LogP contribution >= 0.6 is 34.2 Å². The van der Waals surface area contributed by atoms with Gasteiger partial charge in [-0.15, -0.1) is 0 Å². The van der Waals surface area contributed by atoms with Crippen molar-refractivity contribution in [2.24, 2.45) is 0 Å². The van der Waals surface area contributed by atoms with Crippen LogP contribution < -0.4 is 10.6 Å². The number of hydrogen-bond acceptors (Lipinski definition) is 2. The van der Waals surface area contributed by atoms with Crippen LogP contribution in [0.1, 0.15) is 41.5 Å². The number of aromatic amines is 1. The predicted molar refractivity (Wildman–Crippen MR) is 86.2 cm³/mol. The summed E-state index contributed by atoms with van der Waals surface area (Å²) < 4.78 is 0.802. The number of aryl methyl sites for hydroxylation is 1. The minimum absolute atomic E-state index is 0.0942. The zero-order chi connectivity index (χ0) is 14.0. The van der Waals surface area contributed by atoms with Crippen molar-refractivity contribution >= 4 is 40.1 Å². The van der Waals surface area contributed by atoms with Gasteiger partial charge in [0.25, 0.3) is 5.91 Å². The van der Waals surface area contributed by atoms with E-state index in [2.05, 4.69) is 45.1 Å². The lowest BCUT2D eigenvalue weighted by atomic mass is 10.0. The molecule has 1 aromatic heterocycles. The van der Waals surface area contributed by atoms with Gasteiger partial charge in [0.15, 0.2) is 0 Å². The highest BCUT2D eigenvalue weighted by Crippen LogP contribution is 2.26. The molecule has 0 bridgehead atoms. The van der Waals surface area contributed by atoms with Gasteiger partial charge in [0.2, 0.25) is 0 Å². The normalized spacial score (nSPS) is 23.4. The average Bonchev–Trinajstić information content (AvgIpc) is 2.64. The number of rotatable bonds is 3. The van der Waals surface area contributed by atoms with Gasteiger partial charge in [-0.2, -0.15) is 0 Å². The SMILES string of the molecule is Cc1[nH]c(C(=O)NC2CCNC(C)C2)c(Cl)c1CI. The van der Waals surface area contributed by atoms with Gasteiger partial charge in [-0.3, -0.25) is 4.79 Å². The maximum absolute atomic E-state index is 12.3. The smallest absolute Gasteiger partial charge is 0.269 e. The summed E-state index contributed by atoms with van der Waals surface area (Å²) >= 11 is 8.52. The monoisotopic (exact) mass is 395 g/mol. The molecule has 6 heteroatoms. The molecule has 1 fully saturated rings. The maximum Gasteiger partial charge on any atom is 0.269 e. The fraction of sp³-hybridized carbons (Fsp3) is 0.615. The molecule has 2 heterocycles. The Balaban J connectivity index is 2.07. The summed E-state index contributed by atoms with van der Waals surface area (Å²) in [6, 6.07) is 0.677. The second kappa shape index (κ2) is 6.45. The molecule has 1 aliphatic rings. The minimum Gasteiger partial charge on any atom is -0.353 e. The number of nitrogens with one attached hydrogen (secondary N) is 3. The first-order chi connectivity index (χ1) is 9.02. The van der Waals surface area contributed by atoms with Crippen LogP contribution in [-0.2, 0) is 4.43 Å². The molecule has 1 aromatic rings. The van der Waals surface area contributed by atoms with E-state index in [1.807, 2.05) is 6.92 Å². The lowest BCUT2D eigenvalue weighted by Gasteiger charge is -2.28. The Hall–Kier alpha value is -0.270. The van der Waals surface area contributed by atoms with Gasteiger partial charge in [0, 0.05) is 27.8 Å². The second-order valence-corrected chi connectivity index (χ2v) is 6.24. The lowest BCUT2D eigenvalue weighted by Crippen LogP contribution is -2.46. The number of piperidine rings is 1. The lowest BCUT2D eigenvalue weighted by molar-refractivity contribution is 0.0921. The van der Waals surface area contributed by atoms with E-state index in [1.54, 1.807) is 0 Å². The number of alkyl halides is 1. The van der Waals surface area contributed by atoms with Crippen LogP contribution in [0.25, 0.3) is 0 Å². The molecule has 0 spiro atoms. The van der Waals surface area contributed by atoms with E-state index in [-0.39, 0.29) is 11.9 Å². The molecule has 106 valence electrons. The highest BCUT2D eigenvalue weighted by molar-refractivity contribution is 14.1. The first-order valence-corrected chi connectivity index (χ1v) is 8.40. The molecule has 1 amide bonds. The summed E-state index contributed by atoms with van der Waals surface area (Å²) in [5.41, 5.74) is 2.49. The highest BCUT2D eigenvalue weighted by Gasteiger charge is 2.23. The summed E-state index contributed by atoms with van der Waals surface area (Å²) in [6.07, 6.45) is 1.93. The fourth-order valence-corrected chi connectivity index (χ4v) is 3.99. The third kappa shape index (κ3) is 3.44. The number of amides is 1. The Morgan fingerprint density at radius 3 is 2.89 bits per heavy atom. The molecule has 2 atom stereocenters. The Kier molecular flexibility index (Phi) is 5.14. The Morgan fingerprint density at radius 2 is 2.32 bits per heavy atom. The van der Waals surface area contributed by atoms with Crippen molar-refractivity contribution in [3.63, 3.8) is 0 Å². The number of H-pyrrole nitrogens is 1. The Morgan fingerprint density at radius 1 is 1.58 bits per heavy atom. The minimum atomic E-state index is -0.0942. The first-order valence-electron chi connectivity index (χ1n) is 6.50. The quantitative estimate of drug-likeness (QED) is 0.544. The van der Waals surface area contributed by atoms with Gasteiger partial charge in [-0.05, 0) is 33.2 Å². The Labute approximate surface area is 132 Å². The summed E-state index contributed by atoms with van der Waals surface area (Å²) in [5.74, 6) is -0.0942. The fourth-order valence-electron chi connectivity index (χ4n) is 2.47. The zero-order valence-corrected chi connectivity index (χ0v) is 14.1. The van der Waals surface area contributed by atoms with E-state index >= 15 is 0 Å². The van der Waals surface area contributed by atoms with E-state index in [0.29, 0.717) is 16.8 Å². The van der Waals surface area contributed by atoms with Crippen LogP contribution in [0.5, 0.6) is 0 Å². The number of carbonyl (C=O) groups excluding carboxylic acids is 1. The molecule has 1 saturated heterocycles. The third-order valence-corrected chi connectivity index (χ3v) is 4.75. The molecule has 0 radical (unpaired) electrons. The van der Waals surface area contributed by atoms with Crippen molar-refractivity contribution in [2.45, 2.75) is 43.2 Å². The molecule has 0 saturated carbocycles. The van der Waals surface area contributed by atoms with Crippen LogP contribution in [0.3, 0.4) is 0 Å². The van der Waals surface area contributed by atoms with Crippen molar-refractivity contribution in [1.29, 1.82) is 0 Å². The first kappa shape index (κ1) is 15.1. The zero-order valence-electron chi connectivity index (χ0n) is 11.1. The van der Waals surface area contributed by atoms with Crippen LogP contribution in [0, 0.1) is 6.92 Å². The van der Waals surface area contributed by atoms with Crippen LogP contribution in [-0.4, -0.2) is 29.5 Å². The van der Waals surface area contributed by atoms with Crippen molar-refractivity contribution in [2.75, 3.05) is 6.54 Å². The summed E-state index contributed by atoms with van der Waals surface area (Å²) in [4.78, 5) is 15.4. The highest BCUT2D eigenvalue weighted by atomic mass is 127. The van der Waals surface area contributed by atoms with E-state index < -0.39 is 0 Å². The standard InChI is InChI=1S/C13H19ClIN3O/c1-7-5-9(3-4-16-7)18-13(19)12-11(14)10(6-15)8(2)17-12/h7,9,16-17H,3-6H2,1-2H3,(H,18,19). The van der Waals surface area contributed by atoms with Crippen molar-refractivity contribution in [3.8, 4) is 0 Å². The van der Waals surface area contributed by atoms with E-state index in [0.717, 1.165) is 35.1 Å². The van der Waals surface area contributed by atoms with E-state index in [9.17, 15) is 4.79 Å². The van der Waals surface area contributed by atoms with Gasteiger partial charge in [0.05, 0.1) is 5.02 Å². The van der Waals surface area contributed by atoms with Gasteiger partial charge in [-0.1, -0.05) is 34.2 Å². The Bertz CT molecular complexity index is 475. The van der Waals surface area contributed by atoms with Crippen molar-refractivity contribution in [1.82, 2.24) is 15.6 Å². The predicted octanol–water partition coefficient (Wildman–Crippen LogP) is 2.78. The number of carbonyl (C=O) groups is 1. The van der Waals surface area contributed by atoms with Crippen LogP contribution in [0.2, 0.25) is 5.02 Å². The number of halogens is 2. The maximum atomic E-state index is 12.3. The molecular formula is C13H19ClIN3O. The average molecular weight is 396 g/mol. The van der Waals surface area contributed by atoms with Gasteiger partial charge in [-0.25, -0.2) is 0 Å². The van der Waals surface area contributed by atoms with E-state index in [1.165, 1.54) is 0 Å². The van der Waals surface area contributed by atoms with Crippen LogP contribution in [0.15, 0.2) is 0 Å². The molecule has 2 rings (SSSR count). The molecule has 2 unspecified atom stereocenters. The molecule has 19 heavy (non-hydrogen) atoms. The molecule has 3 N–H and O–H groups in total. The second-order valence-electron chi connectivity index (χ2n) is 5.10. The van der Waals surface area contributed by atoms with Gasteiger partial charge < -0.3 is 15.6 Å². The summed E-state index contributed by atoms with van der Waals surface area (Å²) in [7, 11) is 0. The number of hydrogen-bond donors (Lipinski definition) is 3. The van der Waals surface area contributed by atoms with Crippen LogP contribution in [0.4, 0.5) is 0 Å². The number of aromatic nitrogens is 1. The third-order valence-electron chi connectivity index (χ3n) is 3.57. The van der Waals surface area contributed by atoms with E-state index in [4.69, 9.17) is 11.6 Å². The molecule has 4 nitrogen and oxygen atoms in total. The molecule has 0 aromatic carbocycles. The largest absolute Gasteiger partial charge is 0.353 e. The van der Waals surface area contributed by atoms with Gasteiger partial charge >= 0.3 is 0 Å². The van der Waals surface area contributed by atoms with Gasteiger partial charge in [0.1, 0.15) is 5.69 Å². The topological polar surface area (TPSA) is 56.9 Å². The van der Waals surface area contributed by atoms with Crippen molar-refractivity contribution < 1.29 is 4.79 Å². The molecule has 1 aliphatic heterocycles.